The van der Waals surface area contributed by atoms with Gasteiger partial charge in [0.05, 0.1) is 6.42 Å². The molecule has 1 aromatic carbocycles. The van der Waals surface area contributed by atoms with Crippen molar-refractivity contribution in [1.29, 1.82) is 0 Å². The third kappa shape index (κ3) is 2.55. The van der Waals surface area contributed by atoms with Crippen molar-refractivity contribution >= 4 is 16.9 Å². The van der Waals surface area contributed by atoms with E-state index in [2.05, 4.69) is 24.5 Å². The molecule has 1 unspecified atom stereocenters. The summed E-state index contributed by atoms with van der Waals surface area (Å²) in [5, 5.41) is 10.0. The van der Waals surface area contributed by atoms with Crippen molar-refractivity contribution in [3.63, 3.8) is 0 Å². The maximum absolute atomic E-state index is 10.9. The molecule has 1 heterocycles. The van der Waals surface area contributed by atoms with Gasteiger partial charge >= 0.3 is 5.97 Å². The first-order valence-corrected chi connectivity index (χ1v) is 6.40. The fourth-order valence-corrected chi connectivity index (χ4v) is 2.24. The molecule has 0 aliphatic carbocycles. The van der Waals surface area contributed by atoms with Crippen molar-refractivity contribution in [3.05, 3.63) is 36.0 Å². The van der Waals surface area contributed by atoms with Gasteiger partial charge in [-0.2, -0.15) is 0 Å². The van der Waals surface area contributed by atoms with Crippen LogP contribution in [0.1, 0.15) is 25.8 Å². The molecule has 0 spiro atoms. The minimum atomic E-state index is -0.776. The van der Waals surface area contributed by atoms with E-state index in [-0.39, 0.29) is 6.42 Å². The highest BCUT2D eigenvalue weighted by Crippen LogP contribution is 2.23. The monoisotopic (exact) mass is 245 g/mol. The second-order valence-electron chi connectivity index (χ2n) is 4.91. The lowest BCUT2D eigenvalue weighted by molar-refractivity contribution is -0.136. The fourth-order valence-electron chi connectivity index (χ4n) is 2.24. The van der Waals surface area contributed by atoms with E-state index in [0.717, 1.165) is 29.4 Å². The Morgan fingerprint density at radius 1 is 1.39 bits per heavy atom. The van der Waals surface area contributed by atoms with Crippen LogP contribution in [-0.4, -0.2) is 15.6 Å². The van der Waals surface area contributed by atoms with E-state index < -0.39 is 5.97 Å². The first kappa shape index (κ1) is 12.7. The van der Waals surface area contributed by atoms with Crippen molar-refractivity contribution in [2.45, 2.75) is 33.2 Å². The number of fused-ring (bicyclic) bond motifs is 1. The molecule has 2 aromatic rings. The summed E-state index contributed by atoms with van der Waals surface area (Å²) in [5.74, 6) is -0.181. The van der Waals surface area contributed by atoms with Gasteiger partial charge in [-0.15, -0.1) is 0 Å². The summed E-state index contributed by atoms with van der Waals surface area (Å²) in [6, 6.07) is 8.02. The number of carboxylic acids is 1. The number of carbonyl (C=O) groups is 1. The quantitative estimate of drug-likeness (QED) is 0.878. The lowest BCUT2D eigenvalue weighted by Crippen LogP contribution is -2.05. The number of benzene rings is 1. The summed E-state index contributed by atoms with van der Waals surface area (Å²) in [6.07, 6.45) is 3.21. The van der Waals surface area contributed by atoms with E-state index in [0.29, 0.717) is 5.92 Å². The van der Waals surface area contributed by atoms with Gasteiger partial charge in [-0.25, -0.2) is 0 Å². The van der Waals surface area contributed by atoms with Crippen LogP contribution >= 0.6 is 0 Å². The number of hydrogen-bond donors (Lipinski definition) is 1. The van der Waals surface area contributed by atoms with E-state index in [1.807, 2.05) is 24.4 Å². The fraction of sp³-hybridized carbons (Fsp3) is 0.400. The summed E-state index contributed by atoms with van der Waals surface area (Å²) in [7, 11) is 0. The van der Waals surface area contributed by atoms with Gasteiger partial charge < -0.3 is 9.67 Å². The van der Waals surface area contributed by atoms with E-state index in [9.17, 15) is 4.79 Å². The lowest BCUT2D eigenvalue weighted by atomic mass is 10.1. The first-order valence-electron chi connectivity index (χ1n) is 6.40. The average molecular weight is 245 g/mol. The summed E-state index contributed by atoms with van der Waals surface area (Å²) in [4.78, 5) is 10.9. The summed E-state index contributed by atoms with van der Waals surface area (Å²) in [5.41, 5.74) is 2.04. The second kappa shape index (κ2) is 5.25. The van der Waals surface area contributed by atoms with Gasteiger partial charge in [0.2, 0.25) is 0 Å². The SMILES string of the molecule is CCC(C)Cn1cc(CC(=O)O)c2ccccc21. The minimum absolute atomic E-state index is 0.0913. The molecule has 0 saturated heterocycles. The normalized spacial score (nSPS) is 12.8. The van der Waals surface area contributed by atoms with Crippen molar-refractivity contribution in [2.75, 3.05) is 0 Å². The number of hydrogen-bond acceptors (Lipinski definition) is 1. The first-order chi connectivity index (χ1) is 8.61. The number of aromatic nitrogens is 1. The molecular formula is C15H19NO2. The zero-order chi connectivity index (χ0) is 13.1. The lowest BCUT2D eigenvalue weighted by Gasteiger charge is -2.10. The van der Waals surface area contributed by atoms with Crippen LogP contribution in [0, 0.1) is 5.92 Å². The Hall–Kier alpha value is -1.77. The largest absolute Gasteiger partial charge is 0.481 e. The molecule has 0 saturated carbocycles. The third-order valence-electron chi connectivity index (χ3n) is 3.42. The predicted molar refractivity (Wildman–Crippen MR) is 72.7 cm³/mol. The number of aliphatic carboxylic acids is 1. The molecule has 1 atom stereocenters. The molecule has 0 bridgehead atoms. The Balaban J connectivity index is 2.43. The van der Waals surface area contributed by atoms with Gasteiger partial charge in [0.25, 0.3) is 0 Å². The number of rotatable bonds is 5. The molecule has 1 aromatic heterocycles. The highest BCUT2D eigenvalue weighted by atomic mass is 16.4. The van der Waals surface area contributed by atoms with Crippen molar-refractivity contribution in [2.24, 2.45) is 5.92 Å². The smallest absolute Gasteiger partial charge is 0.307 e. The molecule has 0 aliphatic heterocycles. The van der Waals surface area contributed by atoms with Crippen LogP contribution < -0.4 is 0 Å². The molecular weight excluding hydrogens is 226 g/mol. The number of para-hydroxylation sites is 1. The van der Waals surface area contributed by atoms with Gasteiger partial charge in [0.15, 0.2) is 0 Å². The molecule has 1 N–H and O–H groups in total. The molecule has 0 aliphatic rings. The van der Waals surface area contributed by atoms with Gasteiger partial charge in [-0.05, 0) is 17.5 Å². The Morgan fingerprint density at radius 3 is 2.78 bits per heavy atom. The van der Waals surface area contributed by atoms with Crippen molar-refractivity contribution < 1.29 is 9.90 Å². The highest BCUT2D eigenvalue weighted by Gasteiger charge is 2.12. The molecule has 3 heteroatoms. The van der Waals surface area contributed by atoms with E-state index in [1.54, 1.807) is 0 Å². The zero-order valence-electron chi connectivity index (χ0n) is 10.9. The van der Waals surface area contributed by atoms with Crippen molar-refractivity contribution in [1.82, 2.24) is 4.57 Å². The topological polar surface area (TPSA) is 42.2 Å². The van der Waals surface area contributed by atoms with Crippen molar-refractivity contribution in [3.8, 4) is 0 Å². The number of nitrogens with zero attached hydrogens (tertiary/aromatic N) is 1. The van der Waals surface area contributed by atoms with E-state index in [1.165, 1.54) is 0 Å². The van der Waals surface area contributed by atoms with Gasteiger partial charge in [-0.3, -0.25) is 4.79 Å². The third-order valence-corrected chi connectivity index (χ3v) is 3.42. The Morgan fingerprint density at radius 2 is 2.11 bits per heavy atom. The zero-order valence-corrected chi connectivity index (χ0v) is 10.9. The van der Waals surface area contributed by atoms with Crippen LogP contribution in [0.25, 0.3) is 10.9 Å². The molecule has 3 nitrogen and oxygen atoms in total. The van der Waals surface area contributed by atoms with Gasteiger partial charge in [-0.1, -0.05) is 38.5 Å². The van der Waals surface area contributed by atoms with Crippen LogP contribution in [0.15, 0.2) is 30.5 Å². The Bertz CT molecular complexity index is 557. The van der Waals surface area contributed by atoms with Crippen LogP contribution in [0.2, 0.25) is 0 Å². The van der Waals surface area contributed by atoms with Crippen LogP contribution in [0.3, 0.4) is 0 Å². The summed E-state index contributed by atoms with van der Waals surface area (Å²) in [6.45, 7) is 5.33. The van der Waals surface area contributed by atoms with E-state index in [4.69, 9.17) is 5.11 Å². The van der Waals surface area contributed by atoms with Crippen LogP contribution in [0.4, 0.5) is 0 Å². The molecule has 96 valence electrons. The maximum atomic E-state index is 10.9. The van der Waals surface area contributed by atoms with Gasteiger partial charge in [0.1, 0.15) is 0 Å². The summed E-state index contributed by atoms with van der Waals surface area (Å²) >= 11 is 0. The van der Waals surface area contributed by atoms with Gasteiger partial charge in [0, 0.05) is 23.6 Å². The second-order valence-corrected chi connectivity index (χ2v) is 4.91. The maximum Gasteiger partial charge on any atom is 0.307 e. The molecule has 0 fully saturated rings. The highest BCUT2D eigenvalue weighted by molar-refractivity contribution is 5.87. The summed E-state index contributed by atoms with van der Waals surface area (Å²) < 4.78 is 2.18. The molecule has 0 radical (unpaired) electrons. The average Bonchev–Trinajstić information content (AvgIpc) is 2.67. The molecule has 0 amide bonds. The minimum Gasteiger partial charge on any atom is -0.481 e. The van der Waals surface area contributed by atoms with Crippen LogP contribution in [0.5, 0.6) is 0 Å². The Labute approximate surface area is 107 Å². The van der Waals surface area contributed by atoms with E-state index >= 15 is 0 Å². The number of carboxylic acid groups (broad SMARTS) is 1. The predicted octanol–water partition coefficient (Wildman–Crippen LogP) is 3.31. The molecule has 18 heavy (non-hydrogen) atoms. The molecule has 2 rings (SSSR count). The standard InChI is InChI=1S/C15H19NO2/c1-3-11(2)9-16-10-12(8-15(17)18)13-6-4-5-7-14(13)16/h4-7,10-11H,3,8-9H2,1-2H3,(H,17,18). The van der Waals surface area contributed by atoms with Crippen LogP contribution in [-0.2, 0) is 17.8 Å². The Kier molecular flexibility index (Phi) is 3.70.